The number of anilines is 1. The number of benzene rings is 1. The maximum Gasteiger partial charge on any atom is 0.271 e. The van der Waals surface area contributed by atoms with E-state index in [-0.39, 0.29) is 5.91 Å². The largest absolute Gasteiger partial charge is 0.399 e. The summed E-state index contributed by atoms with van der Waals surface area (Å²) in [7, 11) is 0. The van der Waals surface area contributed by atoms with E-state index >= 15 is 0 Å². The lowest BCUT2D eigenvalue weighted by molar-refractivity contribution is 0.0955. The predicted octanol–water partition coefficient (Wildman–Crippen LogP) is 1.43. The van der Waals surface area contributed by atoms with Gasteiger partial charge in [0.05, 0.1) is 6.21 Å². The third-order valence-electron chi connectivity index (χ3n) is 2.26. The van der Waals surface area contributed by atoms with Crippen molar-refractivity contribution >= 4 is 17.8 Å². The van der Waals surface area contributed by atoms with Gasteiger partial charge in [-0.05, 0) is 29.8 Å². The molecule has 1 aromatic heterocycles. The highest BCUT2D eigenvalue weighted by atomic mass is 16.2. The number of rotatable bonds is 3. The number of pyridine rings is 1. The highest BCUT2D eigenvalue weighted by Crippen LogP contribution is 2.02. The molecular formula is C13H12N4O. The Labute approximate surface area is 104 Å². The Balaban J connectivity index is 1.96. The lowest BCUT2D eigenvalue weighted by Crippen LogP contribution is -2.17. The van der Waals surface area contributed by atoms with Crippen LogP contribution in [0, 0.1) is 0 Å². The smallest absolute Gasteiger partial charge is 0.271 e. The third kappa shape index (κ3) is 3.15. The molecule has 0 fully saturated rings. The van der Waals surface area contributed by atoms with E-state index in [0.717, 1.165) is 5.56 Å². The molecule has 0 aliphatic carbocycles. The highest BCUT2D eigenvalue weighted by molar-refractivity contribution is 5.94. The molecule has 0 saturated heterocycles. The second-order valence-corrected chi connectivity index (χ2v) is 3.60. The van der Waals surface area contributed by atoms with Crippen molar-refractivity contribution in [2.24, 2.45) is 5.10 Å². The fourth-order valence-corrected chi connectivity index (χ4v) is 1.32. The Bertz CT molecular complexity index is 549. The van der Waals surface area contributed by atoms with Gasteiger partial charge in [-0.1, -0.05) is 12.1 Å². The molecule has 3 N–H and O–H groups in total. The van der Waals surface area contributed by atoms with Crippen LogP contribution < -0.4 is 11.2 Å². The molecule has 0 radical (unpaired) electrons. The summed E-state index contributed by atoms with van der Waals surface area (Å²) >= 11 is 0. The number of hydrogen-bond acceptors (Lipinski definition) is 4. The molecule has 2 rings (SSSR count). The standard InChI is InChI=1S/C13H12N4O/c14-12-3-1-10(2-4-12)9-16-17-13(18)11-5-7-15-8-6-11/h1-9H,14H2,(H,17,18)/b16-9-. The molecule has 0 atom stereocenters. The second-order valence-electron chi connectivity index (χ2n) is 3.60. The average Bonchev–Trinajstić information content (AvgIpc) is 2.42. The topological polar surface area (TPSA) is 80.4 Å². The Hall–Kier alpha value is -2.69. The number of carbonyl (C=O) groups is 1. The van der Waals surface area contributed by atoms with Gasteiger partial charge in [-0.15, -0.1) is 0 Å². The SMILES string of the molecule is Nc1ccc(/C=N\NC(=O)c2ccncc2)cc1. The quantitative estimate of drug-likeness (QED) is 0.484. The molecular weight excluding hydrogens is 228 g/mol. The Kier molecular flexibility index (Phi) is 3.66. The minimum Gasteiger partial charge on any atom is -0.399 e. The monoisotopic (exact) mass is 240 g/mol. The molecule has 5 heteroatoms. The molecule has 2 aromatic rings. The summed E-state index contributed by atoms with van der Waals surface area (Å²) in [6, 6.07) is 10.4. The van der Waals surface area contributed by atoms with E-state index < -0.39 is 0 Å². The van der Waals surface area contributed by atoms with Crippen LogP contribution in [0.15, 0.2) is 53.9 Å². The van der Waals surface area contributed by atoms with Crippen molar-refractivity contribution in [3.05, 3.63) is 59.9 Å². The zero-order valence-electron chi connectivity index (χ0n) is 9.58. The normalized spacial score (nSPS) is 10.4. The van der Waals surface area contributed by atoms with Crippen molar-refractivity contribution in [3.63, 3.8) is 0 Å². The van der Waals surface area contributed by atoms with Crippen LogP contribution in [-0.2, 0) is 0 Å². The first-order valence-electron chi connectivity index (χ1n) is 5.35. The van der Waals surface area contributed by atoms with Gasteiger partial charge in [-0.2, -0.15) is 5.10 Å². The third-order valence-corrected chi connectivity index (χ3v) is 2.26. The van der Waals surface area contributed by atoms with Crippen molar-refractivity contribution < 1.29 is 4.79 Å². The number of hydrogen-bond donors (Lipinski definition) is 2. The van der Waals surface area contributed by atoms with E-state index in [1.165, 1.54) is 0 Å². The van der Waals surface area contributed by atoms with Crippen molar-refractivity contribution in [1.29, 1.82) is 0 Å². The summed E-state index contributed by atoms with van der Waals surface area (Å²) in [5, 5.41) is 3.86. The molecule has 18 heavy (non-hydrogen) atoms. The lowest BCUT2D eigenvalue weighted by atomic mass is 10.2. The Morgan fingerprint density at radius 1 is 1.17 bits per heavy atom. The number of hydrazone groups is 1. The van der Waals surface area contributed by atoms with E-state index in [1.807, 2.05) is 12.1 Å². The van der Waals surface area contributed by atoms with Gasteiger partial charge in [0.2, 0.25) is 0 Å². The summed E-state index contributed by atoms with van der Waals surface area (Å²) in [5.74, 6) is -0.274. The molecule has 0 spiro atoms. The van der Waals surface area contributed by atoms with Gasteiger partial charge >= 0.3 is 0 Å². The number of amides is 1. The molecule has 90 valence electrons. The van der Waals surface area contributed by atoms with Crippen molar-refractivity contribution in [2.75, 3.05) is 5.73 Å². The van der Waals surface area contributed by atoms with E-state index in [1.54, 1.807) is 42.9 Å². The van der Waals surface area contributed by atoms with Crippen molar-refractivity contribution in [1.82, 2.24) is 10.4 Å². The molecule has 1 aromatic carbocycles. The zero-order valence-corrected chi connectivity index (χ0v) is 9.58. The van der Waals surface area contributed by atoms with Crippen LogP contribution in [-0.4, -0.2) is 17.1 Å². The number of aromatic nitrogens is 1. The summed E-state index contributed by atoms with van der Waals surface area (Å²) in [4.78, 5) is 15.4. The first kappa shape index (κ1) is 11.8. The summed E-state index contributed by atoms with van der Waals surface area (Å²) in [6.45, 7) is 0. The van der Waals surface area contributed by atoms with Crippen LogP contribution in [0.2, 0.25) is 0 Å². The maximum absolute atomic E-state index is 11.6. The van der Waals surface area contributed by atoms with E-state index in [2.05, 4.69) is 15.5 Å². The first-order chi connectivity index (χ1) is 8.75. The highest BCUT2D eigenvalue weighted by Gasteiger charge is 2.01. The Morgan fingerprint density at radius 3 is 2.50 bits per heavy atom. The number of carbonyl (C=O) groups excluding carboxylic acids is 1. The van der Waals surface area contributed by atoms with Gasteiger partial charge in [0.25, 0.3) is 5.91 Å². The Morgan fingerprint density at radius 2 is 1.83 bits per heavy atom. The van der Waals surface area contributed by atoms with Gasteiger partial charge in [0, 0.05) is 23.6 Å². The minimum absolute atomic E-state index is 0.274. The predicted molar refractivity (Wildman–Crippen MR) is 70.2 cm³/mol. The average molecular weight is 240 g/mol. The molecule has 0 aliphatic rings. The van der Waals surface area contributed by atoms with Gasteiger partial charge < -0.3 is 5.73 Å². The van der Waals surface area contributed by atoms with Crippen molar-refractivity contribution in [3.8, 4) is 0 Å². The first-order valence-corrected chi connectivity index (χ1v) is 5.35. The second kappa shape index (κ2) is 5.58. The van der Waals surface area contributed by atoms with Crippen LogP contribution >= 0.6 is 0 Å². The minimum atomic E-state index is -0.274. The van der Waals surface area contributed by atoms with Crippen LogP contribution in [0.1, 0.15) is 15.9 Å². The van der Waals surface area contributed by atoms with Gasteiger partial charge in [-0.25, -0.2) is 5.43 Å². The van der Waals surface area contributed by atoms with Gasteiger partial charge in [-0.3, -0.25) is 9.78 Å². The fourth-order valence-electron chi connectivity index (χ4n) is 1.32. The summed E-state index contributed by atoms with van der Waals surface area (Å²) in [5.41, 5.74) is 10.1. The van der Waals surface area contributed by atoms with Crippen LogP contribution in [0.4, 0.5) is 5.69 Å². The molecule has 1 heterocycles. The number of nitrogens with one attached hydrogen (secondary N) is 1. The number of nitrogens with two attached hydrogens (primary N) is 1. The fraction of sp³-hybridized carbons (Fsp3) is 0. The lowest BCUT2D eigenvalue weighted by Gasteiger charge is -1.98. The van der Waals surface area contributed by atoms with Gasteiger partial charge in [0.1, 0.15) is 0 Å². The molecule has 0 saturated carbocycles. The molecule has 0 aliphatic heterocycles. The van der Waals surface area contributed by atoms with Crippen molar-refractivity contribution in [2.45, 2.75) is 0 Å². The van der Waals surface area contributed by atoms with E-state index in [4.69, 9.17) is 5.73 Å². The molecule has 1 amide bonds. The molecule has 0 unspecified atom stereocenters. The van der Waals surface area contributed by atoms with E-state index in [0.29, 0.717) is 11.3 Å². The van der Waals surface area contributed by atoms with Crippen LogP contribution in [0.3, 0.4) is 0 Å². The molecule has 0 bridgehead atoms. The summed E-state index contributed by atoms with van der Waals surface area (Å²) < 4.78 is 0. The summed E-state index contributed by atoms with van der Waals surface area (Å²) in [6.07, 6.45) is 4.66. The number of nitrogens with zero attached hydrogens (tertiary/aromatic N) is 2. The molecule has 5 nitrogen and oxygen atoms in total. The van der Waals surface area contributed by atoms with E-state index in [9.17, 15) is 4.79 Å². The number of nitrogen functional groups attached to an aromatic ring is 1. The van der Waals surface area contributed by atoms with Crippen LogP contribution in [0.25, 0.3) is 0 Å². The van der Waals surface area contributed by atoms with Crippen LogP contribution in [0.5, 0.6) is 0 Å². The zero-order chi connectivity index (χ0) is 12.8. The van der Waals surface area contributed by atoms with Gasteiger partial charge in [0.15, 0.2) is 0 Å². The maximum atomic E-state index is 11.6.